The third-order valence-electron chi connectivity index (χ3n) is 9.30. The first-order valence-electron chi connectivity index (χ1n) is 16.0. The first-order chi connectivity index (χ1) is 22.2. The minimum absolute atomic E-state index is 0.359. The van der Waals surface area contributed by atoms with Crippen LogP contribution in [0.5, 0.6) is 0 Å². The average Bonchev–Trinajstić information content (AvgIpc) is 3.91. The Hall–Kier alpha value is -4.20. The van der Waals surface area contributed by atoms with E-state index in [1.807, 2.05) is 0 Å². The Kier molecular flexibility index (Phi) is 7.52. The molecule has 2 unspecified atom stereocenters. The molecule has 218 valence electrons. The molecule has 45 heavy (non-hydrogen) atoms. The van der Waals surface area contributed by atoms with Crippen molar-refractivity contribution >= 4 is 23.3 Å². The van der Waals surface area contributed by atoms with Crippen molar-refractivity contribution in [2.45, 2.75) is 33.9 Å². The molecule has 4 aromatic carbocycles. The van der Waals surface area contributed by atoms with Gasteiger partial charge in [0.25, 0.3) is 0 Å². The molecular formula is C42H34O2Zr. The van der Waals surface area contributed by atoms with Crippen LogP contribution in [0.25, 0.3) is 45.9 Å². The minimum atomic E-state index is -1.24. The van der Waals surface area contributed by atoms with Gasteiger partial charge in [-0.1, -0.05) is 0 Å². The van der Waals surface area contributed by atoms with Crippen molar-refractivity contribution in [2.75, 3.05) is 0 Å². The van der Waals surface area contributed by atoms with Crippen LogP contribution < -0.4 is 0 Å². The third-order valence-corrected chi connectivity index (χ3v) is 14.0. The number of hydrogen-bond acceptors (Lipinski definition) is 2. The van der Waals surface area contributed by atoms with Gasteiger partial charge in [-0.05, 0) is 0 Å². The molecule has 3 heteroatoms. The van der Waals surface area contributed by atoms with Gasteiger partial charge in [0.15, 0.2) is 0 Å². The van der Waals surface area contributed by atoms with Crippen molar-refractivity contribution in [1.29, 1.82) is 0 Å². The van der Waals surface area contributed by atoms with Crippen LogP contribution in [0.2, 0.25) is 0 Å². The second-order valence-corrected chi connectivity index (χ2v) is 15.5. The van der Waals surface area contributed by atoms with Crippen LogP contribution in [-0.4, -0.2) is 0 Å². The van der Waals surface area contributed by atoms with Crippen LogP contribution in [0.3, 0.4) is 0 Å². The number of hydrogen-bond donors (Lipinski definition) is 0. The summed E-state index contributed by atoms with van der Waals surface area (Å²) in [5, 5.41) is 0. The predicted octanol–water partition coefficient (Wildman–Crippen LogP) is 11.3. The molecular weight excluding hydrogens is 628 g/mol. The Balaban J connectivity index is 1.22. The Morgan fingerprint density at radius 1 is 0.467 bits per heavy atom. The topological polar surface area (TPSA) is 26.3 Å². The van der Waals surface area contributed by atoms with Gasteiger partial charge < -0.3 is 0 Å². The molecule has 2 nitrogen and oxygen atoms in total. The van der Waals surface area contributed by atoms with E-state index in [1.165, 1.54) is 44.5 Å². The van der Waals surface area contributed by atoms with E-state index in [-0.39, 0.29) is 0 Å². The van der Waals surface area contributed by atoms with Gasteiger partial charge in [-0.25, -0.2) is 0 Å². The van der Waals surface area contributed by atoms with Crippen molar-refractivity contribution in [3.8, 4) is 22.6 Å². The van der Waals surface area contributed by atoms with Crippen molar-refractivity contribution < 1.29 is 32.1 Å². The summed E-state index contributed by atoms with van der Waals surface area (Å²) in [5.74, 6) is 3.83. The third kappa shape index (κ3) is 5.08. The second kappa shape index (κ2) is 12.0. The van der Waals surface area contributed by atoms with Gasteiger partial charge in [-0.3, -0.25) is 0 Å². The van der Waals surface area contributed by atoms with E-state index < -0.39 is 23.2 Å². The zero-order valence-electron chi connectivity index (χ0n) is 25.6. The summed E-state index contributed by atoms with van der Waals surface area (Å²) in [6.07, 6.45) is 6.92. The Labute approximate surface area is 276 Å². The summed E-state index contributed by atoms with van der Waals surface area (Å²) >= 11 is -1.24. The van der Waals surface area contributed by atoms with E-state index in [2.05, 4.69) is 147 Å². The fraction of sp³-hybridized carbons (Fsp3) is 0.143. The number of benzene rings is 4. The van der Waals surface area contributed by atoms with Crippen LogP contribution in [0.1, 0.15) is 66.0 Å². The van der Waals surface area contributed by atoms with Gasteiger partial charge in [0.05, 0.1) is 0 Å². The molecule has 2 heterocycles. The number of aryl methyl sites for hydroxylation is 2. The molecule has 0 radical (unpaired) electrons. The molecule has 6 aromatic rings. The molecule has 2 aliphatic carbocycles. The standard InChI is InChI=1S/2C21H17O.Zr/c2*1-2-15-9-6-10-17-13-18(14-19(15)17)21-12-11-20(22-21)16-7-4-3-5-8-16;/h2*3-14H,2H2,1H3;. The number of fused-ring (bicyclic) bond motifs is 2. The Bertz CT molecular complexity index is 1910. The van der Waals surface area contributed by atoms with Crippen LogP contribution in [0.15, 0.2) is 130 Å². The van der Waals surface area contributed by atoms with Crippen LogP contribution in [0, 0.1) is 0 Å². The van der Waals surface area contributed by atoms with Crippen molar-refractivity contribution in [1.82, 2.24) is 0 Å². The molecule has 0 N–H and O–H groups in total. The molecule has 0 saturated carbocycles. The molecule has 2 atom stereocenters. The summed E-state index contributed by atoms with van der Waals surface area (Å²) in [7, 11) is 0. The average molecular weight is 662 g/mol. The van der Waals surface area contributed by atoms with Crippen LogP contribution in [0.4, 0.5) is 0 Å². The van der Waals surface area contributed by atoms with Gasteiger partial charge in [0.2, 0.25) is 0 Å². The van der Waals surface area contributed by atoms with E-state index in [4.69, 9.17) is 8.83 Å². The second-order valence-electron chi connectivity index (χ2n) is 11.8. The van der Waals surface area contributed by atoms with E-state index >= 15 is 0 Å². The van der Waals surface area contributed by atoms with Gasteiger partial charge in [-0.2, -0.15) is 0 Å². The van der Waals surface area contributed by atoms with Crippen LogP contribution in [-0.2, 0) is 36.1 Å². The van der Waals surface area contributed by atoms with Crippen LogP contribution >= 0.6 is 0 Å². The maximum atomic E-state index is 6.65. The Morgan fingerprint density at radius 3 is 1.31 bits per heavy atom. The Morgan fingerprint density at radius 2 is 0.889 bits per heavy atom. The molecule has 0 amide bonds. The molecule has 0 spiro atoms. The molecule has 2 aliphatic rings. The normalized spacial score (nSPS) is 16.7. The molecule has 2 aromatic heterocycles. The summed E-state index contributed by atoms with van der Waals surface area (Å²) < 4.78 is 14.0. The monoisotopic (exact) mass is 660 g/mol. The quantitative estimate of drug-likeness (QED) is 0.162. The van der Waals surface area contributed by atoms with E-state index in [1.54, 1.807) is 0 Å². The van der Waals surface area contributed by atoms with Gasteiger partial charge >= 0.3 is 278 Å². The molecule has 8 rings (SSSR count). The van der Waals surface area contributed by atoms with Gasteiger partial charge in [0, 0.05) is 0 Å². The van der Waals surface area contributed by atoms with E-state index in [9.17, 15) is 0 Å². The van der Waals surface area contributed by atoms with Crippen molar-refractivity contribution in [3.05, 3.63) is 166 Å². The number of allylic oxidation sites excluding steroid dienone is 2. The fourth-order valence-electron chi connectivity index (χ4n) is 7.00. The molecule has 0 bridgehead atoms. The summed E-state index contributed by atoms with van der Waals surface area (Å²) in [6, 6.07) is 43.3. The summed E-state index contributed by atoms with van der Waals surface area (Å²) in [5.41, 5.74) is 13.5. The molecule has 0 fully saturated rings. The zero-order valence-corrected chi connectivity index (χ0v) is 28.0. The number of furan rings is 2. The number of rotatable bonds is 8. The first kappa shape index (κ1) is 28.3. The van der Waals surface area contributed by atoms with Gasteiger partial charge in [0.1, 0.15) is 0 Å². The predicted molar refractivity (Wildman–Crippen MR) is 181 cm³/mol. The SMILES string of the molecule is CCc1cccc2c1C=C(c1ccc(-c3ccccc3)o1)[CH]2[Zr][CH]1C(c2ccc(-c3ccccc3)o2)=Cc2c(CC)cccc21. The fourth-order valence-corrected chi connectivity index (χ4v) is 11.9. The van der Waals surface area contributed by atoms with Crippen molar-refractivity contribution in [3.63, 3.8) is 0 Å². The summed E-state index contributed by atoms with van der Waals surface area (Å²) in [6.45, 7) is 4.52. The molecule has 0 saturated heterocycles. The van der Waals surface area contributed by atoms with E-state index in [0.29, 0.717) is 7.25 Å². The zero-order chi connectivity index (χ0) is 30.3. The first-order valence-corrected chi connectivity index (χ1v) is 18.8. The summed E-state index contributed by atoms with van der Waals surface area (Å²) in [4.78, 5) is 0. The van der Waals surface area contributed by atoms with Crippen molar-refractivity contribution in [2.24, 2.45) is 0 Å². The van der Waals surface area contributed by atoms with E-state index in [0.717, 1.165) is 47.0 Å². The molecule has 0 aliphatic heterocycles. The maximum absolute atomic E-state index is 6.65. The van der Waals surface area contributed by atoms with Gasteiger partial charge in [-0.15, -0.1) is 0 Å².